The molecule has 110 valence electrons. The van der Waals surface area contributed by atoms with Crippen LogP contribution >= 0.6 is 0 Å². The van der Waals surface area contributed by atoms with Crippen molar-refractivity contribution in [2.24, 2.45) is 0 Å². The van der Waals surface area contributed by atoms with E-state index >= 15 is 0 Å². The third-order valence-electron chi connectivity index (χ3n) is 3.11. The predicted octanol–water partition coefficient (Wildman–Crippen LogP) is 3.67. The molecule has 0 aliphatic carbocycles. The number of hydrogen-bond donors (Lipinski definition) is 1. The molecule has 4 nitrogen and oxygen atoms in total. The molecule has 0 heterocycles. The number of aliphatic carboxylic acids is 1. The number of carbonyl (C=O) groups is 2. The summed E-state index contributed by atoms with van der Waals surface area (Å²) in [5.41, 5.74) is 0.544. The molecule has 0 fully saturated rings. The molecule has 0 saturated carbocycles. The second-order valence-corrected chi connectivity index (χ2v) is 5.14. The number of hydrogen-bond acceptors (Lipinski definition) is 3. The number of ketones is 1. The number of benzene rings is 2. The molecule has 0 atom stereocenters. The van der Waals surface area contributed by atoms with E-state index < -0.39 is 5.97 Å². The Morgan fingerprint density at radius 3 is 2.33 bits per heavy atom. The van der Waals surface area contributed by atoms with Crippen molar-refractivity contribution < 1.29 is 19.4 Å². The molecule has 0 aromatic heterocycles. The minimum absolute atomic E-state index is 0.00368. The zero-order valence-corrected chi connectivity index (χ0v) is 12.1. The maximum Gasteiger partial charge on any atom is 0.303 e. The summed E-state index contributed by atoms with van der Waals surface area (Å²) < 4.78 is 5.75. The number of fused-ring (bicyclic) bond motifs is 1. The number of rotatable bonds is 6. The lowest BCUT2D eigenvalue weighted by atomic mass is 9.98. The summed E-state index contributed by atoms with van der Waals surface area (Å²) in [7, 11) is 0. The summed E-state index contributed by atoms with van der Waals surface area (Å²) in [6.45, 7) is 3.89. The quantitative estimate of drug-likeness (QED) is 0.823. The van der Waals surface area contributed by atoms with E-state index in [4.69, 9.17) is 9.84 Å². The second-order valence-electron chi connectivity index (χ2n) is 5.14. The fourth-order valence-electron chi connectivity index (χ4n) is 2.23. The van der Waals surface area contributed by atoms with Crippen molar-refractivity contribution in [1.82, 2.24) is 0 Å². The van der Waals surface area contributed by atoms with Gasteiger partial charge >= 0.3 is 5.97 Å². The van der Waals surface area contributed by atoms with Crippen LogP contribution in [0.4, 0.5) is 0 Å². The van der Waals surface area contributed by atoms with Crippen LogP contribution in [0.3, 0.4) is 0 Å². The Kier molecular flexibility index (Phi) is 4.58. The van der Waals surface area contributed by atoms with Gasteiger partial charge < -0.3 is 9.84 Å². The fourth-order valence-corrected chi connectivity index (χ4v) is 2.23. The van der Waals surface area contributed by atoms with Crippen LogP contribution in [0.5, 0.6) is 5.75 Å². The van der Waals surface area contributed by atoms with Gasteiger partial charge in [0.15, 0.2) is 5.78 Å². The molecule has 0 unspecified atom stereocenters. The van der Waals surface area contributed by atoms with Crippen molar-refractivity contribution in [2.75, 3.05) is 0 Å². The maximum atomic E-state index is 12.2. The minimum atomic E-state index is -0.965. The van der Waals surface area contributed by atoms with Gasteiger partial charge in [-0.25, -0.2) is 0 Å². The van der Waals surface area contributed by atoms with Crippen LogP contribution in [0.2, 0.25) is 0 Å². The molecule has 0 spiro atoms. The second kappa shape index (κ2) is 6.39. The van der Waals surface area contributed by atoms with Crippen molar-refractivity contribution in [1.29, 1.82) is 0 Å². The maximum absolute atomic E-state index is 12.2. The Labute approximate surface area is 123 Å². The fraction of sp³-hybridized carbons (Fsp3) is 0.294. The summed E-state index contributed by atoms with van der Waals surface area (Å²) in [6.07, 6.45) is -0.108. The molecule has 0 aliphatic rings. The van der Waals surface area contributed by atoms with Crippen LogP contribution in [-0.4, -0.2) is 23.0 Å². The first kappa shape index (κ1) is 15.0. The normalized spacial score (nSPS) is 10.8. The van der Waals surface area contributed by atoms with Gasteiger partial charge in [-0.05, 0) is 31.4 Å². The van der Waals surface area contributed by atoms with Gasteiger partial charge in [-0.1, -0.05) is 24.3 Å². The van der Waals surface area contributed by atoms with Crippen molar-refractivity contribution >= 4 is 22.5 Å². The third kappa shape index (κ3) is 3.60. The van der Waals surface area contributed by atoms with Gasteiger partial charge in [-0.2, -0.15) is 0 Å². The molecular formula is C17H18O4. The lowest BCUT2D eigenvalue weighted by molar-refractivity contribution is -0.136. The molecule has 21 heavy (non-hydrogen) atoms. The van der Waals surface area contributed by atoms with Gasteiger partial charge in [0.05, 0.1) is 12.5 Å². The van der Waals surface area contributed by atoms with E-state index in [1.54, 1.807) is 12.1 Å². The molecule has 0 bridgehead atoms. The molecule has 0 radical (unpaired) electrons. The zero-order valence-electron chi connectivity index (χ0n) is 12.1. The number of ether oxygens (including phenoxy) is 1. The molecule has 1 N–H and O–H groups in total. The van der Waals surface area contributed by atoms with Crippen LogP contribution in [0.15, 0.2) is 36.4 Å². The first-order valence-electron chi connectivity index (χ1n) is 6.92. The molecule has 2 aromatic rings. The highest BCUT2D eigenvalue weighted by Crippen LogP contribution is 2.30. The lowest BCUT2D eigenvalue weighted by Crippen LogP contribution is -2.08. The van der Waals surface area contributed by atoms with E-state index in [0.717, 1.165) is 16.5 Å². The van der Waals surface area contributed by atoms with E-state index in [-0.39, 0.29) is 24.7 Å². The highest BCUT2D eigenvalue weighted by atomic mass is 16.5. The van der Waals surface area contributed by atoms with Gasteiger partial charge in [0.25, 0.3) is 0 Å². The smallest absolute Gasteiger partial charge is 0.303 e. The Morgan fingerprint density at radius 2 is 1.71 bits per heavy atom. The number of carbonyl (C=O) groups excluding carboxylic acids is 1. The summed E-state index contributed by atoms with van der Waals surface area (Å²) >= 11 is 0. The van der Waals surface area contributed by atoms with Crippen LogP contribution in [0.1, 0.15) is 37.0 Å². The molecule has 4 heteroatoms. The Morgan fingerprint density at radius 1 is 1.05 bits per heavy atom. The van der Waals surface area contributed by atoms with Crippen LogP contribution in [0.25, 0.3) is 10.8 Å². The molecule has 2 aromatic carbocycles. The van der Waals surface area contributed by atoms with Crippen molar-refractivity contribution in [3.05, 3.63) is 42.0 Å². The Hall–Kier alpha value is -2.36. The van der Waals surface area contributed by atoms with E-state index in [9.17, 15) is 9.59 Å². The molecular weight excluding hydrogens is 268 g/mol. The third-order valence-corrected chi connectivity index (χ3v) is 3.11. The van der Waals surface area contributed by atoms with Crippen molar-refractivity contribution in [3.63, 3.8) is 0 Å². The number of carboxylic acid groups (broad SMARTS) is 1. The molecule has 0 amide bonds. The van der Waals surface area contributed by atoms with Crippen LogP contribution in [-0.2, 0) is 4.79 Å². The summed E-state index contributed by atoms with van der Waals surface area (Å²) in [4.78, 5) is 22.8. The van der Waals surface area contributed by atoms with Gasteiger partial charge in [0.2, 0.25) is 0 Å². The zero-order chi connectivity index (χ0) is 15.4. The van der Waals surface area contributed by atoms with E-state index in [2.05, 4.69) is 0 Å². The lowest BCUT2D eigenvalue weighted by Gasteiger charge is -2.14. The molecule has 0 aliphatic heterocycles. The Bertz CT molecular complexity index is 674. The van der Waals surface area contributed by atoms with Crippen molar-refractivity contribution in [2.45, 2.75) is 32.8 Å². The minimum Gasteiger partial charge on any atom is -0.490 e. The largest absolute Gasteiger partial charge is 0.490 e. The van der Waals surface area contributed by atoms with Crippen LogP contribution in [0, 0.1) is 0 Å². The highest BCUT2D eigenvalue weighted by Gasteiger charge is 2.14. The average molecular weight is 286 g/mol. The van der Waals surface area contributed by atoms with Gasteiger partial charge in [0, 0.05) is 17.4 Å². The van der Waals surface area contributed by atoms with Gasteiger partial charge in [0.1, 0.15) is 5.75 Å². The first-order chi connectivity index (χ1) is 9.99. The van der Waals surface area contributed by atoms with Gasteiger partial charge in [-0.3, -0.25) is 9.59 Å². The molecule has 2 rings (SSSR count). The van der Waals surface area contributed by atoms with Crippen molar-refractivity contribution in [3.8, 4) is 5.75 Å². The SMILES string of the molecule is CC(C)Oc1ccc(C(=O)CCC(=O)O)c2ccccc12. The summed E-state index contributed by atoms with van der Waals surface area (Å²) in [5, 5.41) is 10.4. The predicted molar refractivity (Wildman–Crippen MR) is 80.9 cm³/mol. The Balaban J connectivity index is 2.42. The summed E-state index contributed by atoms with van der Waals surface area (Å²) in [6, 6.07) is 11.0. The monoisotopic (exact) mass is 286 g/mol. The standard InChI is InChI=1S/C17H18O4/c1-11(2)21-16-9-7-13(15(18)8-10-17(19)20)12-5-3-4-6-14(12)16/h3-7,9,11H,8,10H2,1-2H3,(H,19,20). The van der Waals surface area contributed by atoms with E-state index in [1.807, 2.05) is 38.1 Å². The number of Topliss-reactive ketones (excluding diaryl/α,β-unsaturated/α-hetero) is 1. The number of carboxylic acids is 1. The average Bonchev–Trinajstić information content (AvgIpc) is 2.44. The van der Waals surface area contributed by atoms with E-state index in [0.29, 0.717) is 5.56 Å². The highest BCUT2D eigenvalue weighted by molar-refractivity contribution is 6.10. The summed E-state index contributed by atoms with van der Waals surface area (Å²) in [5.74, 6) is -0.396. The molecule has 0 saturated heterocycles. The van der Waals surface area contributed by atoms with E-state index in [1.165, 1.54) is 0 Å². The van der Waals surface area contributed by atoms with Gasteiger partial charge in [-0.15, -0.1) is 0 Å². The topological polar surface area (TPSA) is 63.6 Å². The first-order valence-corrected chi connectivity index (χ1v) is 6.92. The van der Waals surface area contributed by atoms with Crippen LogP contribution < -0.4 is 4.74 Å².